The van der Waals surface area contributed by atoms with E-state index in [-0.39, 0.29) is 5.82 Å². The summed E-state index contributed by atoms with van der Waals surface area (Å²) in [7, 11) is 1.29. The lowest BCUT2D eigenvalue weighted by atomic mass is 9.77. The molecule has 1 aliphatic heterocycles. The van der Waals surface area contributed by atoms with E-state index >= 15 is 0 Å². The summed E-state index contributed by atoms with van der Waals surface area (Å²) in [4.78, 5) is 33.0. The number of anilines is 1. The van der Waals surface area contributed by atoms with Crippen LogP contribution >= 0.6 is 23.4 Å². The van der Waals surface area contributed by atoms with Gasteiger partial charge in [0.25, 0.3) is 5.56 Å². The molecule has 164 valence electrons. The highest BCUT2D eigenvalue weighted by Crippen LogP contribution is 2.42. The van der Waals surface area contributed by atoms with Gasteiger partial charge < -0.3 is 15.0 Å². The van der Waals surface area contributed by atoms with Gasteiger partial charge in [0.2, 0.25) is 0 Å². The van der Waals surface area contributed by atoms with Crippen molar-refractivity contribution >= 4 is 35.1 Å². The Morgan fingerprint density at radius 3 is 2.66 bits per heavy atom. The predicted octanol–water partition coefficient (Wildman–Crippen LogP) is 4.72. The van der Waals surface area contributed by atoms with Crippen LogP contribution in [0.15, 0.2) is 70.8 Å². The Hall–Kier alpha value is -3.10. The monoisotopic (exact) mass is 471 g/mol. The van der Waals surface area contributed by atoms with E-state index in [0.717, 1.165) is 0 Å². The lowest BCUT2D eigenvalue weighted by Gasteiger charge is -2.33. The first-order valence-corrected chi connectivity index (χ1v) is 11.0. The Kier molecular flexibility index (Phi) is 6.34. The van der Waals surface area contributed by atoms with Gasteiger partial charge in [-0.3, -0.25) is 9.59 Å². The summed E-state index contributed by atoms with van der Waals surface area (Å²) in [5.74, 6) is -1.74. The number of H-pyrrole nitrogens is 1. The van der Waals surface area contributed by atoms with Gasteiger partial charge in [-0.2, -0.15) is 0 Å². The first kappa shape index (κ1) is 22.1. The summed E-state index contributed by atoms with van der Waals surface area (Å²) >= 11 is 7.22. The van der Waals surface area contributed by atoms with Crippen molar-refractivity contribution in [1.82, 2.24) is 9.97 Å². The van der Waals surface area contributed by atoms with Gasteiger partial charge in [-0.15, -0.1) is 0 Å². The molecule has 3 aromatic rings. The standard InChI is InChI=1S/C23H19ClFN3O3S/c1-12-17(22(30)31-2)18(13-7-9-15(24)10-8-13)19-20(26-12)27-23(28-21(19)29)32-11-14-5-3-4-6-16(14)25/h3-10,17-18H,1,11H2,2H3,(H2,26,27,28,29)/t17-,18-/m1/s1. The maximum absolute atomic E-state index is 13.9. The van der Waals surface area contributed by atoms with E-state index in [2.05, 4.69) is 21.9 Å². The maximum Gasteiger partial charge on any atom is 0.315 e. The topological polar surface area (TPSA) is 84.1 Å². The molecule has 0 saturated heterocycles. The van der Waals surface area contributed by atoms with Gasteiger partial charge >= 0.3 is 5.97 Å². The number of rotatable bonds is 5. The van der Waals surface area contributed by atoms with Crippen LogP contribution in [0, 0.1) is 11.7 Å². The molecule has 2 N–H and O–H groups in total. The summed E-state index contributed by atoms with van der Waals surface area (Å²) in [5.41, 5.74) is 1.46. The number of methoxy groups -OCH3 is 1. The third-order valence-electron chi connectivity index (χ3n) is 5.24. The average Bonchev–Trinajstić information content (AvgIpc) is 2.77. The van der Waals surface area contributed by atoms with Crippen LogP contribution in [0.2, 0.25) is 5.02 Å². The molecule has 0 saturated carbocycles. The molecule has 0 aliphatic carbocycles. The molecule has 9 heteroatoms. The van der Waals surface area contributed by atoms with E-state index < -0.39 is 23.4 Å². The molecule has 2 aromatic carbocycles. The number of hydrogen-bond donors (Lipinski definition) is 2. The van der Waals surface area contributed by atoms with Gasteiger partial charge in [-0.25, -0.2) is 9.37 Å². The van der Waals surface area contributed by atoms with Crippen molar-refractivity contribution in [2.24, 2.45) is 5.92 Å². The maximum atomic E-state index is 13.9. The van der Waals surface area contributed by atoms with Crippen LogP contribution in [-0.2, 0) is 15.3 Å². The minimum atomic E-state index is -0.825. The molecule has 6 nitrogen and oxygen atoms in total. The molecule has 0 bridgehead atoms. The zero-order valence-electron chi connectivity index (χ0n) is 17.0. The minimum absolute atomic E-state index is 0.292. The normalized spacial score (nSPS) is 17.4. The van der Waals surface area contributed by atoms with Gasteiger partial charge in [0.1, 0.15) is 17.6 Å². The van der Waals surface area contributed by atoms with Crippen molar-refractivity contribution in [2.45, 2.75) is 16.8 Å². The van der Waals surface area contributed by atoms with E-state index in [9.17, 15) is 14.0 Å². The first-order valence-electron chi connectivity index (χ1n) is 9.68. The summed E-state index contributed by atoms with van der Waals surface area (Å²) in [6.07, 6.45) is 0. The number of aromatic nitrogens is 2. The number of benzene rings is 2. The SMILES string of the molecule is C=C1Nc2nc(SCc3ccccc3F)[nH]c(=O)c2[C@H](c2ccc(Cl)cc2)[C@@H]1C(=O)OC. The van der Waals surface area contributed by atoms with Crippen molar-refractivity contribution in [3.63, 3.8) is 0 Å². The molecule has 0 unspecified atom stereocenters. The van der Waals surface area contributed by atoms with E-state index in [4.69, 9.17) is 16.3 Å². The lowest BCUT2D eigenvalue weighted by molar-refractivity contribution is -0.144. The van der Waals surface area contributed by atoms with Crippen molar-refractivity contribution < 1.29 is 13.9 Å². The zero-order valence-corrected chi connectivity index (χ0v) is 18.6. The van der Waals surface area contributed by atoms with E-state index in [0.29, 0.717) is 44.1 Å². The largest absolute Gasteiger partial charge is 0.468 e. The smallest absolute Gasteiger partial charge is 0.315 e. The summed E-state index contributed by atoms with van der Waals surface area (Å²) in [6, 6.07) is 13.3. The van der Waals surface area contributed by atoms with Gasteiger partial charge in [0, 0.05) is 22.4 Å². The summed E-state index contributed by atoms with van der Waals surface area (Å²) < 4.78 is 18.9. The van der Waals surface area contributed by atoms with Crippen molar-refractivity contribution in [1.29, 1.82) is 0 Å². The summed E-state index contributed by atoms with van der Waals surface area (Å²) in [6.45, 7) is 3.97. The number of ether oxygens (including phenoxy) is 1. The Balaban J connectivity index is 1.75. The highest BCUT2D eigenvalue weighted by molar-refractivity contribution is 7.98. The lowest BCUT2D eigenvalue weighted by Crippen LogP contribution is -2.37. The van der Waals surface area contributed by atoms with E-state index in [1.165, 1.54) is 24.9 Å². The van der Waals surface area contributed by atoms with E-state index in [1.807, 2.05) is 0 Å². The highest BCUT2D eigenvalue weighted by Gasteiger charge is 2.41. The van der Waals surface area contributed by atoms with E-state index in [1.54, 1.807) is 42.5 Å². The van der Waals surface area contributed by atoms with Crippen LogP contribution in [0.4, 0.5) is 10.2 Å². The average molecular weight is 472 g/mol. The molecule has 4 rings (SSSR count). The quantitative estimate of drug-likeness (QED) is 0.318. The molecule has 0 fully saturated rings. The van der Waals surface area contributed by atoms with Crippen molar-refractivity contribution in [2.75, 3.05) is 12.4 Å². The molecular weight excluding hydrogens is 453 g/mol. The second-order valence-corrected chi connectivity index (χ2v) is 8.59. The van der Waals surface area contributed by atoms with Gasteiger partial charge in [-0.05, 0) is 29.3 Å². The van der Waals surface area contributed by atoms with Crippen LogP contribution in [0.3, 0.4) is 0 Å². The zero-order chi connectivity index (χ0) is 22.8. The Morgan fingerprint density at radius 2 is 1.97 bits per heavy atom. The van der Waals surface area contributed by atoms with Gasteiger partial charge in [-0.1, -0.05) is 60.3 Å². The fourth-order valence-electron chi connectivity index (χ4n) is 3.71. The fraction of sp³-hybridized carbons (Fsp3) is 0.174. The molecule has 0 spiro atoms. The van der Waals surface area contributed by atoms with Gasteiger partial charge in [0.15, 0.2) is 5.16 Å². The van der Waals surface area contributed by atoms with Crippen molar-refractivity contribution in [3.05, 3.63) is 98.7 Å². The number of halogens is 2. The number of fused-ring (bicyclic) bond motifs is 1. The predicted molar refractivity (Wildman–Crippen MR) is 122 cm³/mol. The molecule has 1 aliphatic rings. The number of nitrogens with one attached hydrogen (secondary N) is 2. The van der Waals surface area contributed by atoms with Crippen LogP contribution < -0.4 is 10.9 Å². The molecule has 2 atom stereocenters. The molecule has 2 heterocycles. The number of esters is 1. The second-order valence-electron chi connectivity index (χ2n) is 7.19. The Bertz CT molecular complexity index is 1250. The Labute approximate surface area is 192 Å². The van der Waals surface area contributed by atoms with Crippen LogP contribution in [0.1, 0.15) is 22.6 Å². The molecule has 0 amide bonds. The first-order chi connectivity index (χ1) is 15.4. The molecule has 1 aromatic heterocycles. The Morgan fingerprint density at radius 1 is 1.25 bits per heavy atom. The third kappa shape index (κ3) is 4.28. The minimum Gasteiger partial charge on any atom is -0.468 e. The number of carbonyl (C=O) groups excluding carboxylic acids is 1. The third-order valence-corrected chi connectivity index (χ3v) is 6.41. The number of aromatic amines is 1. The number of thioether (sulfide) groups is 1. The van der Waals surface area contributed by atoms with Gasteiger partial charge in [0.05, 0.1) is 12.7 Å². The highest BCUT2D eigenvalue weighted by atomic mass is 35.5. The number of hydrogen-bond acceptors (Lipinski definition) is 6. The molecule has 32 heavy (non-hydrogen) atoms. The van der Waals surface area contributed by atoms with Crippen LogP contribution in [0.5, 0.6) is 0 Å². The molecular formula is C23H19ClFN3O3S. The van der Waals surface area contributed by atoms with Crippen LogP contribution in [0.25, 0.3) is 0 Å². The fourth-order valence-corrected chi connectivity index (χ4v) is 4.68. The summed E-state index contributed by atoms with van der Waals surface area (Å²) in [5, 5.41) is 3.84. The molecule has 0 radical (unpaired) electrons. The van der Waals surface area contributed by atoms with Crippen molar-refractivity contribution in [3.8, 4) is 0 Å². The number of nitrogens with zero attached hydrogens (tertiary/aromatic N) is 1. The second kappa shape index (κ2) is 9.18. The number of carbonyl (C=O) groups is 1. The van der Waals surface area contributed by atoms with Crippen LogP contribution in [-0.4, -0.2) is 23.0 Å².